The van der Waals surface area contributed by atoms with Gasteiger partial charge in [-0.05, 0) is 49.7 Å². The monoisotopic (exact) mass is 507 g/mol. The van der Waals surface area contributed by atoms with Gasteiger partial charge in [-0.2, -0.15) is 9.30 Å². The highest BCUT2D eigenvalue weighted by atomic mass is 32.2. The van der Waals surface area contributed by atoms with Crippen LogP contribution in [-0.2, 0) is 21.3 Å². The Balaban J connectivity index is 1.93. The van der Waals surface area contributed by atoms with Crippen LogP contribution in [0, 0.1) is 5.82 Å². The highest BCUT2D eigenvalue weighted by Gasteiger charge is 2.22. The Labute approximate surface area is 203 Å². The minimum absolute atomic E-state index is 0.137. The fourth-order valence-corrected chi connectivity index (χ4v) is 6.09. The number of halogens is 1. The van der Waals surface area contributed by atoms with Crippen molar-refractivity contribution in [2.75, 3.05) is 26.3 Å². The van der Waals surface area contributed by atoms with Gasteiger partial charge in [0.15, 0.2) is 4.80 Å². The number of carbonyl (C=O) groups is 1. The van der Waals surface area contributed by atoms with Gasteiger partial charge in [-0.3, -0.25) is 4.79 Å². The second-order valence-corrected chi connectivity index (χ2v) is 10.6. The van der Waals surface area contributed by atoms with E-state index in [1.54, 1.807) is 23.6 Å². The average Bonchev–Trinajstić information content (AvgIpc) is 3.18. The fourth-order valence-electron chi connectivity index (χ4n) is 3.53. The van der Waals surface area contributed by atoms with E-state index in [1.165, 1.54) is 46.0 Å². The molecule has 0 saturated heterocycles. The standard InChI is InChI=1S/C24H30FN3O4S2/c1-4-7-15-27(5-2)34(30,31)19-13-11-18(12-14-19)23(29)26-24-28(16-17-32-6-3)22-20(25)9-8-10-21(22)33-24/h8-14H,4-7,15-17H2,1-3H3. The molecule has 184 valence electrons. The van der Waals surface area contributed by atoms with Gasteiger partial charge in [0.25, 0.3) is 5.91 Å². The van der Waals surface area contributed by atoms with Gasteiger partial charge in [-0.1, -0.05) is 37.7 Å². The number of rotatable bonds is 11. The van der Waals surface area contributed by atoms with Gasteiger partial charge in [0.2, 0.25) is 10.0 Å². The van der Waals surface area contributed by atoms with Crippen LogP contribution in [-0.4, -0.2) is 49.5 Å². The normalized spacial score (nSPS) is 12.7. The first-order valence-electron chi connectivity index (χ1n) is 11.4. The number of hydrogen-bond donors (Lipinski definition) is 0. The van der Waals surface area contributed by atoms with E-state index in [-0.39, 0.29) is 10.5 Å². The van der Waals surface area contributed by atoms with Gasteiger partial charge in [-0.15, -0.1) is 0 Å². The van der Waals surface area contributed by atoms with Crippen LogP contribution < -0.4 is 4.80 Å². The predicted octanol–water partition coefficient (Wildman–Crippen LogP) is 4.43. The third-order valence-corrected chi connectivity index (χ3v) is 8.40. The first-order valence-corrected chi connectivity index (χ1v) is 13.6. The summed E-state index contributed by atoms with van der Waals surface area (Å²) >= 11 is 1.22. The molecule has 0 saturated carbocycles. The maximum atomic E-state index is 14.5. The first-order chi connectivity index (χ1) is 16.3. The number of thiazole rings is 1. The molecule has 10 heteroatoms. The molecule has 3 aromatic rings. The van der Waals surface area contributed by atoms with Gasteiger partial charge in [0.1, 0.15) is 5.82 Å². The number of ether oxygens (including phenoxy) is 1. The van der Waals surface area contributed by atoms with Crippen molar-refractivity contribution in [3.63, 3.8) is 0 Å². The van der Waals surface area contributed by atoms with E-state index in [0.29, 0.717) is 47.9 Å². The number of hydrogen-bond acceptors (Lipinski definition) is 5. The number of benzene rings is 2. The number of amides is 1. The summed E-state index contributed by atoms with van der Waals surface area (Å²) in [5, 5.41) is 0. The summed E-state index contributed by atoms with van der Waals surface area (Å²) in [4.78, 5) is 17.6. The minimum atomic E-state index is -3.63. The van der Waals surface area contributed by atoms with E-state index >= 15 is 0 Å². The topological polar surface area (TPSA) is 81.0 Å². The molecule has 0 atom stereocenters. The lowest BCUT2D eigenvalue weighted by Crippen LogP contribution is -2.31. The van der Waals surface area contributed by atoms with Crippen LogP contribution in [0.15, 0.2) is 52.4 Å². The molecular weight excluding hydrogens is 477 g/mol. The minimum Gasteiger partial charge on any atom is -0.380 e. The maximum absolute atomic E-state index is 14.5. The molecule has 0 spiro atoms. The smallest absolute Gasteiger partial charge is 0.279 e. The van der Waals surface area contributed by atoms with Crippen molar-refractivity contribution in [3.8, 4) is 0 Å². The largest absolute Gasteiger partial charge is 0.380 e. The van der Waals surface area contributed by atoms with Crippen LogP contribution >= 0.6 is 11.3 Å². The summed E-state index contributed by atoms with van der Waals surface area (Å²) in [5.74, 6) is -0.920. The summed E-state index contributed by atoms with van der Waals surface area (Å²) in [6.07, 6.45) is 1.68. The molecule has 0 radical (unpaired) electrons. The van der Waals surface area contributed by atoms with Crippen LogP contribution in [0.5, 0.6) is 0 Å². The van der Waals surface area contributed by atoms with Crippen LogP contribution in [0.3, 0.4) is 0 Å². The average molecular weight is 508 g/mol. The number of nitrogens with zero attached hydrogens (tertiary/aromatic N) is 3. The molecule has 0 fully saturated rings. The second-order valence-electron chi connectivity index (χ2n) is 7.61. The van der Waals surface area contributed by atoms with E-state index in [2.05, 4.69) is 4.99 Å². The fraction of sp³-hybridized carbons (Fsp3) is 0.417. The van der Waals surface area contributed by atoms with Gasteiger partial charge in [0, 0.05) is 31.8 Å². The molecular formula is C24H30FN3O4S2. The number of sulfonamides is 1. The molecule has 0 unspecified atom stereocenters. The third kappa shape index (κ3) is 5.80. The van der Waals surface area contributed by atoms with Crippen molar-refractivity contribution in [2.45, 2.75) is 45.1 Å². The Morgan fingerprint density at radius 1 is 1.15 bits per heavy atom. The van der Waals surface area contributed by atoms with Crippen molar-refractivity contribution in [1.82, 2.24) is 8.87 Å². The lowest BCUT2D eigenvalue weighted by molar-refractivity contribution is 0.0996. The summed E-state index contributed by atoms with van der Waals surface area (Å²) < 4.78 is 49.5. The Kier molecular flexibility index (Phi) is 9.12. The zero-order valence-electron chi connectivity index (χ0n) is 19.7. The quantitative estimate of drug-likeness (QED) is 0.360. The van der Waals surface area contributed by atoms with Crippen LogP contribution in [0.2, 0.25) is 0 Å². The number of fused-ring (bicyclic) bond motifs is 1. The molecule has 0 aliphatic carbocycles. The zero-order chi connectivity index (χ0) is 24.7. The molecule has 0 N–H and O–H groups in total. The first kappa shape index (κ1) is 26.2. The number of unbranched alkanes of at least 4 members (excludes halogenated alkanes) is 1. The summed E-state index contributed by atoms with van der Waals surface area (Å²) in [6, 6.07) is 10.6. The van der Waals surface area contributed by atoms with Crippen LogP contribution in [0.1, 0.15) is 44.0 Å². The molecule has 7 nitrogen and oxygen atoms in total. The van der Waals surface area contributed by atoms with Gasteiger partial charge < -0.3 is 9.30 Å². The molecule has 1 heterocycles. The molecule has 1 aromatic heterocycles. The van der Waals surface area contributed by atoms with E-state index in [9.17, 15) is 17.6 Å². The van der Waals surface area contributed by atoms with E-state index in [0.717, 1.165) is 12.8 Å². The summed E-state index contributed by atoms with van der Waals surface area (Å²) in [6.45, 7) is 7.75. The lowest BCUT2D eigenvalue weighted by Gasteiger charge is -2.20. The van der Waals surface area contributed by atoms with E-state index in [1.807, 2.05) is 13.8 Å². The van der Waals surface area contributed by atoms with Gasteiger partial charge in [-0.25, -0.2) is 12.8 Å². The highest BCUT2D eigenvalue weighted by molar-refractivity contribution is 7.89. The highest BCUT2D eigenvalue weighted by Crippen LogP contribution is 2.21. The number of carbonyl (C=O) groups excluding carboxylic acids is 1. The van der Waals surface area contributed by atoms with Gasteiger partial charge in [0.05, 0.1) is 21.7 Å². The molecule has 0 bridgehead atoms. The van der Waals surface area contributed by atoms with E-state index < -0.39 is 21.7 Å². The van der Waals surface area contributed by atoms with E-state index in [4.69, 9.17) is 4.74 Å². The van der Waals surface area contributed by atoms with Crippen molar-refractivity contribution in [3.05, 3.63) is 58.6 Å². The number of aromatic nitrogens is 1. The zero-order valence-corrected chi connectivity index (χ0v) is 21.3. The second kappa shape index (κ2) is 11.8. The molecule has 34 heavy (non-hydrogen) atoms. The molecule has 1 amide bonds. The summed E-state index contributed by atoms with van der Waals surface area (Å²) in [7, 11) is -3.63. The Morgan fingerprint density at radius 3 is 2.53 bits per heavy atom. The van der Waals surface area contributed by atoms with Crippen molar-refractivity contribution in [1.29, 1.82) is 0 Å². The SMILES string of the molecule is CCCCN(CC)S(=O)(=O)c1ccc(C(=O)N=c2sc3cccc(F)c3n2CCOCC)cc1. The summed E-state index contributed by atoms with van der Waals surface area (Å²) in [5.41, 5.74) is 0.636. The molecule has 0 aliphatic rings. The maximum Gasteiger partial charge on any atom is 0.279 e. The Morgan fingerprint density at radius 2 is 1.88 bits per heavy atom. The van der Waals surface area contributed by atoms with Crippen molar-refractivity contribution < 1.29 is 22.3 Å². The van der Waals surface area contributed by atoms with Crippen LogP contribution in [0.4, 0.5) is 4.39 Å². The lowest BCUT2D eigenvalue weighted by atomic mass is 10.2. The Hall–Kier alpha value is -2.40. The van der Waals surface area contributed by atoms with Crippen molar-refractivity contribution >= 4 is 37.5 Å². The molecule has 0 aliphatic heterocycles. The number of para-hydroxylation sites is 1. The van der Waals surface area contributed by atoms with Crippen molar-refractivity contribution in [2.24, 2.45) is 4.99 Å². The predicted molar refractivity (Wildman–Crippen MR) is 132 cm³/mol. The van der Waals surface area contributed by atoms with Gasteiger partial charge >= 0.3 is 0 Å². The van der Waals surface area contributed by atoms with Crippen LogP contribution in [0.25, 0.3) is 10.2 Å². The molecule has 3 rings (SSSR count). The Bertz CT molecular complexity index is 1300. The third-order valence-electron chi connectivity index (χ3n) is 5.37. The molecule has 2 aromatic carbocycles.